The highest BCUT2D eigenvalue weighted by Crippen LogP contribution is 2.23. The normalized spacial score (nSPS) is 15.9. The summed E-state index contributed by atoms with van der Waals surface area (Å²) in [7, 11) is 0. The number of ether oxygens (including phenoxy) is 1. The first-order chi connectivity index (χ1) is 13.5. The van der Waals surface area contributed by atoms with E-state index in [1.165, 1.54) is 5.56 Å². The molecular weight excluding hydrogens is 372 g/mol. The molecule has 0 spiro atoms. The fourth-order valence-corrected chi connectivity index (χ4v) is 4.53. The number of aryl methyl sites for hydroxylation is 2. The minimum absolute atomic E-state index is 0.0461. The first kappa shape index (κ1) is 20.7. The number of benzene rings is 1. The van der Waals surface area contributed by atoms with Crippen molar-refractivity contribution in [2.24, 2.45) is 0 Å². The zero-order valence-corrected chi connectivity index (χ0v) is 17.4. The van der Waals surface area contributed by atoms with Crippen molar-refractivity contribution in [2.75, 3.05) is 32.8 Å². The Balaban J connectivity index is 1.54. The van der Waals surface area contributed by atoms with Crippen molar-refractivity contribution in [2.45, 2.75) is 32.7 Å². The van der Waals surface area contributed by atoms with Crippen LogP contribution in [-0.2, 0) is 9.53 Å². The van der Waals surface area contributed by atoms with E-state index in [2.05, 4.69) is 22.3 Å². The zero-order chi connectivity index (χ0) is 19.9. The smallest absolute Gasteiger partial charge is 0.220 e. The molecule has 0 saturated carbocycles. The van der Waals surface area contributed by atoms with E-state index < -0.39 is 0 Å². The molecule has 1 N–H and O–H groups in total. The van der Waals surface area contributed by atoms with Crippen molar-refractivity contribution in [3.8, 4) is 0 Å². The molecule has 1 fully saturated rings. The molecule has 1 atom stereocenters. The minimum atomic E-state index is -0.0767. The van der Waals surface area contributed by atoms with Gasteiger partial charge >= 0.3 is 0 Å². The molecule has 2 aromatic rings. The highest BCUT2D eigenvalue weighted by molar-refractivity contribution is 7.12. The highest BCUT2D eigenvalue weighted by atomic mass is 32.1. The van der Waals surface area contributed by atoms with Gasteiger partial charge in [-0.1, -0.05) is 30.3 Å². The van der Waals surface area contributed by atoms with Crippen molar-refractivity contribution in [1.82, 2.24) is 10.2 Å². The lowest BCUT2D eigenvalue weighted by Crippen LogP contribution is -2.43. The van der Waals surface area contributed by atoms with Crippen LogP contribution < -0.4 is 5.32 Å². The standard InChI is InChI=1S/C22H28N2O3S/c1-16-14-19(17(2)28-16)21(25)8-9-22(26)23-15-20(18-6-4-3-5-7-18)24-10-12-27-13-11-24/h3-7,14,20H,8-13,15H2,1-2H3,(H,23,26). The van der Waals surface area contributed by atoms with Crippen LogP contribution in [-0.4, -0.2) is 49.4 Å². The number of ketones is 1. The van der Waals surface area contributed by atoms with Gasteiger partial charge < -0.3 is 10.1 Å². The average molecular weight is 401 g/mol. The lowest BCUT2D eigenvalue weighted by molar-refractivity contribution is -0.121. The number of rotatable bonds is 8. The molecule has 1 aromatic carbocycles. The first-order valence-corrected chi connectivity index (χ1v) is 10.6. The van der Waals surface area contributed by atoms with Crippen LogP contribution in [0.2, 0.25) is 0 Å². The summed E-state index contributed by atoms with van der Waals surface area (Å²) in [6, 6.07) is 12.3. The van der Waals surface area contributed by atoms with Gasteiger partial charge in [-0.05, 0) is 25.5 Å². The van der Waals surface area contributed by atoms with Crippen molar-refractivity contribution in [3.05, 3.63) is 57.3 Å². The molecule has 28 heavy (non-hydrogen) atoms. The second-order valence-corrected chi connectivity index (χ2v) is 8.59. The van der Waals surface area contributed by atoms with Crippen molar-refractivity contribution < 1.29 is 14.3 Å². The summed E-state index contributed by atoms with van der Waals surface area (Å²) >= 11 is 1.62. The predicted molar refractivity (Wildman–Crippen MR) is 112 cm³/mol. The molecule has 6 heteroatoms. The quantitative estimate of drug-likeness (QED) is 0.689. The maximum atomic E-state index is 12.4. The van der Waals surface area contributed by atoms with Gasteiger partial charge in [0.1, 0.15) is 0 Å². The van der Waals surface area contributed by atoms with Crippen LogP contribution in [0.3, 0.4) is 0 Å². The average Bonchev–Trinajstić information content (AvgIpc) is 3.06. The molecule has 1 saturated heterocycles. The Morgan fingerprint density at radius 3 is 2.50 bits per heavy atom. The monoisotopic (exact) mass is 400 g/mol. The minimum Gasteiger partial charge on any atom is -0.379 e. The topological polar surface area (TPSA) is 58.6 Å². The van der Waals surface area contributed by atoms with Crippen molar-refractivity contribution >= 4 is 23.0 Å². The third kappa shape index (κ3) is 5.50. The lowest BCUT2D eigenvalue weighted by atomic mass is 10.0. The molecule has 150 valence electrons. The molecule has 0 aliphatic carbocycles. The number of hydrogen-bond acceptors (Lipinski definition) is 5. The number of carbonyl (C=O) groups excluding carboxylic acids is 2. The van der Waals surface area contributed by atoms with E-state index in [-0.39, 0.29) is 30.6 Å². The fraction of sp³-hybridized carbons (Fsp3) is 0.455. The van der Waals surface area contributed by atoms with Crippen LogP contribution in [0.1, 0.15) is 44.6 Å². The number of nitrogens with zero attached hydrogens (tertiary/aromatic N) is 1. The summed E-state index contributed by atoms with van der Waals surface area (Å²) in [4.78, 5) is 29.3. The van der Waals surface area contributed by atoms with E-state index in [1.54, 1.807) is 11.3 Å². The summed E-state index contributed by atoms with van der Waals surface area (Å²) in [5, 5.41) is 3.03. The molecular formula is C22H28N2O3S. The third-order valence-corrected chi connectivity index (χ3v) is 6.05. The number of thiophene rings is 1. The van der Waals surface area contributed by atoms with Crippen LogP contribution in [0.15, 0.2) is 36.4 Å². The van der Waals surface area contributed by atoms with Crippen LogP contribution in [0.5, 0.6) is 0 Å². The molecule has 1 unspecified atom stereocenters. The Labute approximate surface area is 170 Å². The number of Topliss-reactive ketones (excluding diaryl/α,β-unsaturated/α-hetero) is 1. The largest absolute Gasteiger partial charge is 0.379 e. The van der Waals surface area contributed by atoms with E-state index in [9.17, 15) is 9.59 Å². The van der Waals surface area contributed by atoms with Crippen molar-refractivity contribution in [1.29, 1.82) is 0 Å². The maximum Gasteiger partial charge on any atom is 0.220 e. The fourth-order valence-electron chi connectivity index (χ4n) is 3.59. The zero-order valence-electron chi connectivity index (χ0n) is 16.6. The molecule has 1 aromatic heterocycles. The molecule has 5 nitrogen and oxygen atoms in total. The van der Waals surface area contributed by atoms with Gasteiger partial charge in [0.15, 0.2) is 5.78 Å². The summed E-state index contributed by atoms with van der Waals surface area (Å²) in [5.41, 5.74) is 1.94. The summed E-state index contributed by atoms with van der Waals surface area (Å²) in [6.07, 6.45) is 0.466. The number of nitrogens with one attached hydrogen (secondary N) is 1. The molecule has 3 rings (SSSR count). The summed E-state index contributed by atoms with van der Waals surface area (Å²) in [5.74, 6) is -0.0306. The highest BCUT2D eigenvalue weighted by Gasteiger charge is 2.23. The molecule has 1 aliphatic heterocycles. The predicted octanol–water partition coefficient (Wildman–Crippen LogP) is 3.52. The Bertz CT molecular complexity index is 797. The van der Waals surface area contributed by atoms with E-state index in [0.29, 0.717) is 19.8 Å². The number of hydrogen-bond donors (Lipinski definition) is 1. The Hall–Kier alpha value is -2.02. The van der Waals surface area contributed by atoms with Gasteiger partial charge in [-0.2, -0.15) is 0 Å². The maximum absolute atomic E-state index is 12.4. The Morgan fingerprint density at radius 2 is 1.86 bits per heavy atom. The van der Waals surface area contributed by atoms with E-state index in [4.69, 9.17) is 4.74 Å². The number of morpholine rings is 1. The van der Waals surface area contributed by atoms with Gasteiger partial charge in [-0.3, -0.25) is 14.5 Å². The number of amides is 1. The van der Waals surface area contributed by atoms with Crippen LogP contribution in [0.4, 0.5) is 0 Å². The van der Waals surface area contributed by atoms with Crippen LogP contribution in [0, 0.1) is 13.8 Å². The van der Waals surface area contributed by atoms with Gasteiger partial charge in [0.05, 0.1) is 19.3 Å². The molecule has 2 heterocycles. The van der Waals surface area contributed by atoms with Gasteiger partial charge in [-0.25, -0.2) is 0 Å². The van der Waals surface area contributed by atoms with E-state index in [1.807, 2.05) is 38.1 Å². The van der Waals surface area contributed by atoms with Crippen LogP contribution >= 0.6 is 11.3 Å². The van der Waals surface area contributed by atoms with Gasteiger partial charge in [0.25, 0.3) is 0 Å². The number of carbonyl (C=O) groups is 2. The van der Waals surface area contributed by atoms with Gasteiger partial charge in [0, 0.05) is 47.8 Å². The Kier molecular flexibility index (Phi) is 7.36. The SMILES string of the molecule is Cc1cc(C(=O)CCC(=O)NCC(c2ccccc2)N2CCOCC2)c(C)s1. The van der Waals surface area contributed by atoms with Crippen LogP contribution in [0.25, 0.3) is 0 Å². The summed E-state index contributed by atoms with van der Waals surface area (Å²) in [6.45, 7) is 7.62. The third-order valence-electron chi connectivity index (χ3n) is 5.08. The molecule has 1 amide bonds. The van der Waals surface area contributed by atoms with Gasteiger partial charge in [-0.15, -0.1) is 11.3 Å². The van der Waals surface area contributed by atoms with E-state index >= 15 is 0 Å². The molecule has 0 bridgehead atoms. The molecule has 0 radical (unpaired) electrons. The van der Waals surface area contributed by atoms with E-state index in [0.717, 1.165) is 28.4 Å². The second kappa shape index (κ2) is 9.96. The van der Waals surface area contributed by atoms with Crippen molar-refractivity contribution in [3.63, 3.8) is 0 Å². The lowest BCUT2D eigenvalue weighted by Gasteiger charge is -2.35. The second-order valence-electron chi connectivity index (χ2n) is 7.13. The first-order valence-electron chi connectivity index (χ1n) is 9.78. The Morgan fingerprint density at radius 1 is 1.14 bits per heavy atom. The van der Waals surface area contributed by atoms with Gasteiger partial charge in [0.2, 0.25) is 5.91 Å². The molecule has 1 aliphatic rings. The summed E-state index contributed by atoms with van der Waals surface area (Å²) < 4.78 is 5.46.